The van der Waals surface area contributed by atoms with E-state index in [1.165, 1.54) is 0 Å². The van der Waals surface area contributed by atoms with Gasteiger partial charge in [-0.2, -0.15) is 5.10 Å². The zero-order valence-electron chi connectivity index (χ0n) is 11.1. The van der Waals surface area contributed by atoms with Gasteiger partial charge in [-0.15, -0.1) is 0 Å². The first-order valence-electron chi connectivity index (χ1n) is 6.72. The van der Waals surface area contributed by atoms with E-state index in [4.69, 9.17) is 0 Å². The topological polar surface area (TPSA) is 64.2 Å². The van der Waals surface area contributed by atoms with Crippen molar-refractivity contribution < 1.29 is 4.92 Å². The highest BCUT2D eigenvalue weighted by molar-refractivity contribution is 5.51. The monoisotopic (exact) mass is 272 g/mol. The average molecular weight is 272 g/mol. The lowest BCUT2D eigenvalue weighted by Gasteiger charge is -2.34. The third kappa shape index (κ3) is 2.49. The molecule has 2 heterocycles. The molecule has 104 valence electrons. The first kappa shape index (κ1) is 12.7. The maximum Gasteiger partial charge on any atom is 0.269 e. The fourth-order valence-corrected chi connectivity index (χ4v) is 2.69. The Bertz CT molecular complexity index is 580. The molecule has 0 spiro atoms. The molecule has 6 heteroatoms. The first-order chi connectivity index (χ1) is 9.74. The van der Waals surface area contributed by atoms with Crippen molar-refractivity contribution in [1.82, 2.24) is 9.78 Å². The third-order valence-corrected chi connectivity index (χ3v) is 3.72. The lowest BCUT2D eigenvalue weighted by molar-refractivity contribution is -0.384. The molecule has 1 fully saturated rings. The lowest BCUT2D eigenvalue weighted by Crippen LogP contribution is -2.36. The van der Waals surface area contributed by atoms with Gasteiger partial charge < -0.3 is 4.90 Å². The van der Waals surface area contributed by atoms with Crippen LogP contribution in [0.4, 0.5) is 11.4 Å². The fourth-order valence-electron chi connectivity index (χ4n) is 2.69. The summed E-state index contributed by atoms with van der Waals surface area (Å²) in [5, 5.41) is 15.0. The average Bonchev–Trinajstić information content (AvgIpc) is 3.02. The molecule has 1 aliphatic heterocycles. The number of benzene rings is 1. The van der Waals surface area contributed by atoms with Crippen molar-refractivity contribution in [3.8, 4) is 0 Å². The Hall–Kier alpha value is -2.37. The Labute approximate surface area is 116 Å². The molecule has 0 bridgehead atoms. The molecule has 2 aromatic rings. The van der Waals surface area contributed by atoms with Crippen LogP contribution in [0.25, 0.3) is 0 Å². The van der Waals surface area contributed by atoms with Crippen LogP contribution in [0.1, 0.15) is 18.9 Å². The van der Waals surface area contributed by atoms with Gasteiger partial charge in [-0.25, -0.2) is 0 Å². The minimum Gasteiger partial charge on any atom is -0.369 e. The van der Waals surface area contributed by atoms with Crippen LogP contribution < -0.4 is 4.90 Å². The zero-order chi connectivity index (χ0) is 13.9. The number of anilines is 1. The highest BCUT2D eigenvalue weighted by Crippen LogP contribution is 2.27. The number of aromatic nitrogens is 2. The molecule has 20 heavy (non-hydrogen) atoms. The van der Waals surface area contributed by atoms with Crippen molar-refractivity contribution in [3.63, 3.8) is 0 Å². The minimum atomic E-state index is -0.369. The van der Waals surface area contributed by atoms with Crippen molar-refractivity contribution in [2.45, 2.75) is 18.9 Å². The number of rotatable bonds is 3. The number of hydrogen-bond donors (Lipinski definition) is 0. The standard InChI is InChI=1S/C14H16N4O2/c19-18(20)13-6-4-12(5-7-13)16-9-1-3-14(11-16)17-10-2-8-15-17/h2,4-8,10,14H,1,3,9,11H2. The predicted molar refractivity (Wildman–Crippen MR) is 75.8 cm³/mol. The summed E-state index contributed by atoms with van der Waals surface area (Å²) in [6.07, 6.45) is 6.00. The van der Waals surface area contributed by atoms with Crippen LogP contribution in [-0.4, -0.2) is 27.8 Å². The summed E-state index contributed by atoms with van der Waals surface area (Å²) in [6, 6.07) is 9.08. The van der Waals surface area contributed by atoms with Crippen LogP contribution in [-0.2, 0) is 0 Å². The van der Waals surface area contributed by atoms with E-state index in [-0.39, 0.29) is 10.6 Å². The SMILES string of the molecule is O=[N+]([O-])c1ccc(N2CCCC(n3cccn3)C2)cc1. The largest absolute Gasteiger partial charge is 0.369 e. The Morgan fingerprint density at radius 3 is 2.75 bits per heavy atom. The maximum absolute atomic E-state index is 10.7. The van der Waals surface area contributed by atoms with Crippen LogP contribution >= 0.6 is 0 Å². The molecule has 1 aromatic carbocycles. The van der Waals surface area contributed by atoms with Gasteiger partial charge in [-0.05, 0) is 31.0 Å². The van der Waals surface area contributed by atoms with Gasteiger partial charge in [0.15, 0.2) is 0 Å². The summed E-state index contributed by atoms with van der Waals surface area (Å²) in [7, 11) is 0. The van der Waals surface area contributed by atoms with Crippen molar-refractivity contribution in [1.29, 1.82) is 0 Å². The van der Waals surface area contributed by atoms with Crippen molar-refractivity contribution in [2.75, 3.05) is 18.0 Å². The molecule has 0 saturated carbocycles. The van der Waals surface area contributed by atoms with E-state index in [1.54, 1.807) is 18.3 Å². The van der Waals surface area contributed by atoms with Gasteiger partial charge in [-0.1, -0.05) is 0 Å². The Kier molecular flexibility index (Phi) is 3.37. The molecular weight excluding hydrogens is 256 g/mol. The predicted octanol–water partition coefficient (Wildman–Crippen LogP) is 2.63. The molecule has 0 amide bonds. The number of nitro groups is 1. The summed E-state index contributed by atoms with van der Waals surface area (Å²) >= 11 is 0. The summed E-state index contributed by atoms with van der Waals surface area (Å²) in [5.41, 5.74) is 1.17. The van der Waals surface area contributed by atoms with Gasteiger partial charge >= 0.3 is 0 Å². The number of piperidine rings is 1. The third-order valence-electron chi connectivity index (χ3n) is 3.72. The van der Waals surface area contributed by atoms with Crippen LogP contribution in [0.15, 0.2) is 42.7 Å². The Morgan fingerprint density at radius 1 is 1.30 bits per heavy atom. The fraction of sp³-hybridized carbons (Fsp3) is 0.357. The molecule has 1 atom stereocenters. The molecule has 0 radical (unpaired) electrons. The molecule has 3 rings (SSSR count). The summed E-state index contributed by atoms with van der Waals surface area (Å²) in [5.74, 6) is 0. The van der Waals surface area contributed by atoms with Gasteiger partial charge in [0.25, 0.3) is 5.69 Å². The smallest absolute Gasteiger partial charge is 0.269 e. The van der Waals surface area contributed by atoms with E-state index in [0.29, 0.717) is 6.04 Å². The van der Waals surface area contributed by atoms with E-state index in [0.717, 1.165) is 31.6 Å². The lowest BCUT2D eigenvalue weighted by atomic mass is 10.1. The van der Waals surface area contributed by atoms with Crippen LogP contribution in [0, 0.1) is 10.1 Å². The van der Waals surface area contributed by atoms with Gasteiger partial charge in [0, 0.05) is 43.3 Å². The number of hydrogen-bond acceptors (Lipinski definition) is 4. The summed E-state index contributed by atoms with van der Waals surface area (Å²) in [4.78, 5) is 12.6. The maximum atomic E-state index is 10.7. The van der Waals surface area contributed by atoms with Gasteiger partial charge in [-0.3, -0.25) is 14.8 Å². The van der Waals surface area contributed by atoms with Gasteiger partial charge in [0.2, 0.25) is 0 Å². The van der Waals surface area contributed by atoms with Crippen molar-refractivity contribution in [2.24, 2.45) is 0 Å². The van der Waals surface area contributed by atoms with Crippen molar-refractivity contribution >= 4 is 11.4 Å². The van der Waals surface area contributed by atoms with E-state index < -0.39 is 0 Å². The normalized spacial score (nSPS) is 19.0. The second kappa shape index (κ2) is 5.32. The minimum absolute atomic E-state index is 0.134. The second-order valence-corrected chi connectivity index (χ2v) is 5.00. The van der Waals surface area contributed by atoms with E-state index in [9.17, 15) is 10.1 Å². The molecule has 6 nitrogen and oxygen atoms in total. The number of non-ortho nitro benzene ring substituents is 1. The number of nitro benzene ring substituents is 1. The number of nitrogens with zero attached hydrogens (tertiary/aromatic N) is 4. The highest BCUT2D eigenvalue weighted by Gasteiger charge is 2.22. The molecule has 0 aliphatic carbocycles. The molecule has 1 unspecified atom stereocenters. The van der Waals surface area contributed by atoms with Crippen LogP contribution in [0.3, 0.4) is 0 Å². The van der Waals surface area contributed by atoms with E-state index >= 15 is 0 Å². The molecule has 1 saturated heterocycles. The second-order valence-electron chi connectivity index (χ2n) is 5.00. The van der Waals surface area contributed by atoms with Crippen LogP contribution in [0.5, 0.6) is 0 Å². The summed E-state index contributed by atoms with van der Waals surface area (Å²) in [6.45, 7) is 1.87. The quantitative estimate of drug-likeness (QED) is 0.636. The van der Waals surface area contributed by atoms with Gasteiger partial charge in [0.05, 0.1) is 11.0 Å². The Balaban J connectivity index is 1.75. The van der Waals surface area contributed by atoms with Crippen molar-refractivity contribution in [3.05, 3.63) is 52.8 Å². The first-order valence-corrected chi connectivity index (χ1v) is 6.72. The van der Waals surface area contributed by atoms with E-state index in [2.05, 4.69) is 10.00 Å². The molecule has 1 aromatic heterocycles. The molecular formula is C14H16N4O2. The highest BCUT2D eigenvalue weighted by atomic mass is 16.6. The Morgan fingerprint density at radius 2 is 2.10 bits per heavy atom. The molecule has 0 N–H and O–H groups in total. The van der Waals surface area contributed by atoms with Crippen LogP contribution in [0.2, 0.25) is 0 Å². The molecule has 1 aliphatic rings. The van der Waals surface area contributed by atoms with E-state index in [1.807, 2.05) is 29.1 Å². The summed E-state index contributed by atoms with van der Waals surface area (Å²) < 4.78 is 2.00. The zero-order valence-corrected chi connectivity index (χ0v) is 11.1. The van der Waals surface area contributed by atoms with Gasteiger partial charge in [0.1, 0.15) is 0 Å².